The van der Waals surface area contributed by atoms with E-state index in [2.05, 4.69) is 20.8 Å². The van der Waals surface area contributed by atoms with E-state index in [0.717, 1.165) is 11.3 Å². The number of nitrogens with zero attached hydrogens (tertiary/aromatic N) is 4. The van der Waals surface area contributed by atoms with Gasteiger partial charge in [-0.1, -0.05) is 6.07 Å². The van der Waals surface area contributed by atoms with E-state index in [9.17, 15) is 4.79 Å². The zero-order valence-corrected chi connectivity index (χ0v) is 14.3. The Morgan fingerprint density at radius 1 is 1.12 bits per heavy atom. The molecule has 3 rings (SSSR count). The summed E-state index contributed by atoms with van der Waals surface area (Å²) >= 11 is 0. The lowest BCUT2D eigenvalue weighted by molar-refractivity contribution is -0.111. The number of rotatable bonds is 6. The van der Waals surface area contributed by atoms with Crippen molar-refractivity contribution in [2.75, 3.05) is 19.5 Å². The SMILES string of the molecule is COc1cc(/C=C/C(=O)Nc2cccc(-n3cnnn3)c2)cc(OC)c1. The molecule has 3 aromatic rings. The van der Waals surface area contributed by atoms with Gasteiger partial charge in [-0.05, 0) is 52.4 Å². The van der Waals surface area contributed by atoms with Gasteiger partial charge in [0.2, 0.25) is 5.91 Å². The molecule has 8 heteroatoms. The third-order valence-electron chi connectivity index (χ3n) is 3.53. The standard InChI is InChI=1S/C18H17N5O3/c1-25-16-8-13(9-17(11-16)26-2)6-7-18(24)20-14-4-3-5-15(10-14)23-12-19-21-22-23/h3-12H,1-2H3,(H,20,24)/b7-6+. The van der Waals surface area contributed by atoms with Crippen molar-refractivity contribution in [1.29, 1.82) is 0 Å². The van der Waals surface area contributed by atoms with Gasteiger partial charge in [-0.3, -0.25) is 4.79 Å². The first kappa shape index (κ1) is 17.2. The first-order valence-electron chi connectivity index (χ1n) is 7.73. The lowest BCUT2D eigenvalue weighted by atomic mass is 10.2. The molecular formula is C18H17N5O3. The van der Waals surface area contributed by atoms with E-state index in [1.807, 2.05) is 24.3 Å². The summed E-state index contributed by atoms with van der Waals surface area (Å²) in [5.41, 5.74) is 2.17. The van der Waals surface area contributed by atoms with Crippen LogP contribution in [-0.4, -0.2) is 40.3 Å². The summed E-state index contributed by atoms with van der Waals surface area (Å²) in [5, 5.41) is 13.8. The van der Waals surface area contributed by atoms with Crippen LogP contribution >= 0.6 is 0 Å². The van der Waals surface area contributed by atoms with Crippen LogP contribution in [0.5, 0.6) is 11.5 Å². The highest BCUT2D eigenvalue weighted by Gasteiger charge is 2.03. The second kappa shape index (κ2) is 7.93. The molecule has 1 heterocycles. The number of nitrogens with one attached hydrogen (secondary N) is 1. The molecule has 0 spiro atoms. The molecule has 0 bridgehead atoms. The van der Waals surface area contributed by atoms with Gasteiger partial charge in [-0.2, -0.15) is 0 Å². The summed E-state index contributed by atoms with van der Waals surface area (Å²) in [4.78, 5) is 12.2. The molecular weight excluding hydrogens is 334 g/mol. The molecule has 132 valence electrons. The van der Waals surface area contributed by atoms with Crippen LogP contribution in [0, 0.1) is 0 Å². The summed E-state index contributed by atoms with van der Waals surface area (Å²) in [6.07, 6.45) is 4.61. The second-order valence-electron chi connectivity index (χ2n) is 5.27. The number of hydrogen-bond acceptors (Lipinski definition) is 6. The topological polar surface area (TPSA) is 91.2 Å². The summed E-state index contributed by atoms with van der Waals surface area (Å²) in [5.74, 6) is 1.04. The monoisotopic (exact) mass is 351 g/mol. The van der Waals surface area contributed by atoms with Gasteiger partial charge in [-0.25, -0.2) is 4.68 Å². The van der Waals surface area contributed by atoms with E-state index < -0.39 is 0 Å². The molecule has 0 aliphatic heterocycles. The largest absolute Gasteiger partial charge is 0.497 e. The predicted molar refractivity (Wildman–Crippen MR) is 96.4 cm³/mol. The van der Waals surface area contributed by atoms with E-state index in [1.165, 1.54) is 17.1 Å². The Hall–Kier alpha value is -3.68. The molecule has 0 radical (unpaired) electrons. The van der Waals surface area contributed by atoms with Gasteiger partial charge in [0.05, 0.1) is 19.9 Å². The minimum absolute atomic E-state index is 0.263. The molecule has 0 aliphatic rings. The first-order chi connectivity index (χ1) is 12.7. The molecule has 0 saturated heterocycles. The highest BCUT2D eigenvalue weighted by molar-refractivity contribution is 6.02. The maximum Gasteiger partial charge on any atom is 0.248 e. The van der Waals surface area contributed by atoms with E-state index in [-0.39, 0.29) is 5.91 Å². The van der Waals surface area contributed by atoms with Gasteiger partial charge in [0, 0.05) is 17.8 Å². The summed E-state index contributed by atoms with van der Waals surface area (Å²) in [6.45, 7) is 0. The highest BCUT2D eigenvalue weighted by atomic mass is 16.5. The number of carbonyl (C=O) groups excluding carboxylic acids is 1. The van der Waals surface area contributed by atoms with Gasteiger partial charge in [0.1, 0.15) is 17.8 Å². The van der Waals surface area contributed by atoms with E-state index >= 15 is 0 Å². The fourth-order valence-electron chi connectivity index (χ4n) is 2.29. The zero-order chi connectivity index (χ0) is 18.4. The number of aromatic nitrogens is 4. The van der Waals surface area contributed by atoms with E-state index in [4.69, 9.17) is 9.47 Å². The molecule has 0 aliphatic carbocycles. The van der Waals surface area contributed by atoms with Crippen LogP contribution < -0.4 is 14.8 Å². The zero-order valence-electron chi connectivity index (χ0n) is 14.3. The molecule has 8 nitrogen and oxygen atoms in total. The van der Waals surface area contributed by atoms with Crippen LogP contribution in [0.15, 0.2) is 54.9 Å². The number of carbonyl (C=O) groups is 1. The average molecular weight is 351 g/mol. The van der Waals surface area contributed by atoms with Crippen LogP contribution in [0.1, 0.15) is 5.56 Å². The van der Waals surface area contributed by atoms with Crippen LogP contribution in [0.3, 0.4) is 0 Å². The Labute approximate surface area is 150 Å². The van der Waals surface area contributed by atoms with Gasteiger partial charge < -0.3 is 14.8 Å². The second-order valence-corrected chi connectivity index (χ2v) is 5.27. The number of ether oxygens (including phenoxy) is 2. The summed E-state index contributed by atoms with van der Waals surface area (Å²) in [6, 6.07) is 12.6. The molecule has 1 N–H and O–H groups in total. The van der Waals surface area contributed by atoms with Crippen molar-refractivity contribution in [2.24, 2.45) is 0 Å². The average Bonchev–Trinajstić information content (AvgIpc) is 3.21. The number of hydrogen-bond donors (Lipinski definition) is 1. The van der Waals surface area contributed by atoms with Crippen molar-refractivity contribution in [2.45, 2.75) is 0 Å². The maximum absolute atomic E-state index is 12.2. The Bertz CT molecular complexity index is 900. The Morgan fingerprint density at radius 2 is 1.88 bits per heavy atom. The smallest absolute Gasteiger partial charge is 0.248 e. The van der Waals surface area contributed by atoms with Crippen LogP contribution in [0.4, 0.5) is 5.69 Å². The van der Waals surface area contributed by atoms with Crippen molar-refractivity contribution >= 4 is 17.7 Å². The van der Waals surface area contributed by atoms with Gasteiger partial charge >= 0.3 is 0 Å². The highest BCUT2D eigenvalue weighted by Crippen LogP contribution is 2.23. The third-order valence-corrected chi connectivity index (χ3v) is 3.53. The molecule has 0 saturated carbocycles. The van der Waals surface area contributed by atoms with Crippen LogP contribution in [0.2, 0.25) is 0 Å². The molecule has 0 atom stereocenters. The molecule has 26 heavy (non-hydrogen) atoms. The minimum Gasteiger partial charge on any atom is -0.497 e. The van der Waals surface area contributed by atoms with Crippen molar-refractivity contribution in [3.63, 3.8) is 0 Å². The molecule has 0 fully saturated rings. The summed E-state index contributed by atoms with van der Waals surface area (Å²) < 4.78 is 11.9. The Balaban J connectivity index is 1.71. The lowest BCUT2D eigenvalue weighted by Gasteiger charge is -2.06. The van der Waals surface area contributed by atoms with E-state index in [1.54, 1.807) is 38.5 Å². The fourth-order valence-corrected chi connectivity index (χ4v) is 2.29. The Kier molecular flexibility index (Phi) is 5.23. The van der Waals surface area contributed by atoms with Crippen LogP contribution in [0.25, 0.3) is 11.8 Å². The number of tetrazole rings is 1. The first-order valence-corrected chi connectivity index (χ1v) is 7.73. The molecule has 2 aromatic carbocycles. The Morgan fingerprint density at radius 3 is 2.54 bits per heavy atom. The quantitative estimate of drug-likeness (QED) is 0.686. The predicted octanol–water partition coefficient (Wildman–Crippen LogP) is 2.33. The van der Waals surface area contributed by atoms with Crippen LogP contribution in [-0.2, 0) is 4.79 Å². The van der Waals surface area contributed by atoms with Gasteiger partial charge in [-0.15, -0.1) is 5.10 Å². The third kappa shape index (κ3) is 4.23. The number of methoxy groups -OCH3 is 2. The van der Waals surface area contributed by atoms with Crippen molar-refractivity contribution in [3.05, 3.63) is 60.4 Å². The van der Waals surface area contributed by atoms with E-state index in [0.29, 0.717) is 17.2 Å². The number of benzene rings is 2. The number of amides is 1. The van der Waals surface area contributed by atoms with Crippen molar-refractivity contribution < 1.29 is 14.3 Å². The lowest BCUT2D eigenvalue weighted by Crippen LogP contribution is -2.08. The molecule has 1 aromatic heterocycles. The molecule has 0 unspecified atom stereocenters. The van der Waals surface area contributed by atoms with Crippen molar-refractivity contribution in [1.82, 2.24) is 20.2 Å². The fraction of sp³-hybridized carbons (Fsp3) is 0.111. The van der Waals surface area contributed by atoms with Crippen molar-refractivity contribution in [3.8, 4) is 17.2 Å². The maximum atomic E-state index is 12.2. The summed E-state index contributed by atoms with van der Waals surface area (Å²) in [7, 11) is 3.15. The van der Waals surface area contributed by atoms with Gasteiger partial charge in [0.15, 0.2) is 0 Å². The minimum atomic E-state index is -0.263. The molecule has 1 amide bonds. The van der Waals surface area contributed by atoms with Gasteiger partial charge in [0.25, 0.3) is 0 Å². The number of anilines is 1. The normalized spacial score (nSPS) is 10.7.